The molecule has 0 saturated carbocycles. The maximum atomic E-state index is 13.6. The number of amides is 2. The zero-order valence-corrected chi connectivity index (χ0v) is 19.0. The highest BCUT2D eigenvalue weighted by Gasteiger charge is 2.42. The number of benzene rings is 2. The standard InChI is InChI=1S/C26H30FN3O2/c1-4-28-13-15-29(16-14-28)24-23(22-10-5-18(2)17-19(22)3)25(31)30(26(24)32)12-11-20-6-8-21(27)9-7-20/h5-10,17H,4,11-16H2,1-3H3. The fourth-order valence-electron chi connectivity index (χ4n) is 4.58. The lowest BCUT2D eigenvalue weighted by molar-refractivity contribution is -0.137. The predicted octanol–water partition coefficient (Wildman–Crippen LogP) is 3.40. The van der Waals surface area contributed by atoms with E-state index in [0.717, 1.165) is 55.0 Å². The number of aryl methyl sites for hydroxylation is 2. The maximum Gasteiger partial charge on any atom is 0.277 e. The van der Waals surface area contributed by atoms with E-state index in [1.807, 2.05) is 32.0 Å². The van der Waals surface area contributed by atoms with Crippen LogP contribution in [0.5, 0.6) is 0 Å². The number of hydrogen-bond donors (Lipinski definition) is 0. The molecule has 5 nitrogen and oxygen atoms in total. The van der Waals surface area contributed by atoms with Gasteiger partial charge >= 0.3 is 0 Å². The molecule has 4 rings (SSSR count). The molecule has 2 aromatic carbocycles. The molecule has 2 aliphatic rings. The van der Waals surface area contributed by atoms with Crippen molar-refractivity contribution in [1.82, 2.24) is 14.7 Å². The van der Waals surface area contributed by atoms with Crippen molar-refractivity contribution in [1.29, 1.82) is 0 Å². The van der Waals surface area contributed by atoms with Gasteiger partial charge in [-0.2, -0.15) is 0 Å². The molecule has 1 fully saturated rings. The Morgan fingerprint density at radius 3 is 2.22 bits per heavy atom. The zero-order chi connectivity index (χ0) is 22.8. The Morgan fingerprint density at radius 1 is 0.906 bits per heavy atom. The number of likely N-dealkylation sites (N-methyl/N-ethyl adjacent to an activating group) is 1. The minimum atomic E-state index is -0.297. The molecule has 2 aliphatic heterocycles. The number of nitrogens with zero attached hydrogens (tertiary/aromatic N) is 3. The second-order valence-electron chi connectivity index (χ2n) is 8.60. The lowest BCUT2D eigenvalue weighted by Crippen LogP contribution is -2.47. The molecule has 0 aliphatic carbocycles. The number of halogens is 1. The highest BCUT2D eigenvalue weighted by Crippen LogP contribution is 2.34. The lowest BCUT2D eigenvalue weighted by atomic mass is 9.97. The van der Waals surface area contributed by atoms with E-state index < -0.39 is 0 Å². The molecule has 2 aromatic rings. The van der Waals surface area contributed by atoms with E-state index in [0.29, 0.717) is 17.7 Å². The second kappa shape index (κ2) is 9.25. The van der Waals surface area contributed by atoms with Crippen LogP contribution in [-0.2, 0) is 16.0 Å². The van der Waals surface area contributed by atoms with Crippen molar-refractivity contribution in [3.63, 3.8) is 0 Å². The van der Waals surface area contributed by atoms with Crippen LogP contribution in [0.15, 0.2) is 48.2 Å². The first-order chi connectivity index (χ1) is 15.4. The molecule has 0 aromatic heterocycles. The summed E-state index contributed by atoms with van der Waals surface area (Å²) in [7, 11) is 0. The first-order valence-electron chi connectivity index (χ1n) is 11.3. The van der Waals surface area contributed by atoms with Crippen LogP contribution in [0.1, 0.15) is 29.2 Å². The molecule has 2 heterocycles. The Morgan fingerprint density at radius 2 is 1.59 bits per heavy atom. The largest absolute Gasteiger partial charge is 0.364 e. The summed E-state index contributed by atoms with van der Waals surface area (Å²) in [6, 6.07) is 12.2. The van der Waals surface area contributed by atoms with E-state index in [2.05, 4.69) is 16.7 Å². The van der Waals surface area contributed by atoms with Gasteiger partial charge in [0.15, 0.2) is 0 Å². The summed E-state index contributed by atoms with van der Waals surface area (Å²) in [4.78, 5) is 32.9. The summed E-state index contributed by atoms with van der Waals surface area (Å²) < 4.78 is 13.2. The minimum absolute atomic E-state index is 0.225. The first-order valence-corrected chi connectivity index (χ1v) is 11.3. The molecule has 0 unspecified atom stereocenters. The van der Waals surface area contributed by atoms with Gasteiger partial charge in [-0.15, -0.1) is 0 Å². The molecule has 0 radical (unpaired) electrons. The smallest absolute Gasteiger partial charge is 0.277 e. The van der Waals surface area contributed by atoms with Gasteiger partial charge in [-0.1, -0.05) is 42.8 Å². The highest BCUT2D eigenvalue weighted by molar-refractivity contribution is 6.35. The van der Waals surface area contributed by atoms with Gasteiger partial charge in [0.1, 0.15) is 11.5 Å². The summed E-state index contributed by atoms with van der Waals surface area (Å²) in [5.74, 6) is -0.761. The van der Waals surface area contributed by atoms with E-state index in [1.165, 1.54) is 17.0 Å². The van der Waals surface area contributed by atoms with Gasteiger partial charge < -0.3 is 9.80 Å². The summed E-state index contributed by atoms with van der Waals surface area (Å²) in [5.41, 5.74) is 4.87. The summed E-state index contributed by atoms with van der Waals surface area (Å²) in [6.45, 7) is 10.6. The van der Waals surface area contributed by atoms with Crippen LogP contribution >= 0.6 is 0 Å². The number of piperazine rings is 1. The SMILES string of the molecule is CCN1CCN(C2=C(c3ccc(C)cc3C)C(=O)N(CCc3ccc(F)cc3)C2=O)CC1. The maximum absolute atomic E-state index is 13.6. The molecule has 168 valence electrons. The van der Waals surface area contributed by atoms with Crippen molar-refractivity contribution >= 4 is 17.4 Å². The number of rotatable bonds is 6. The molecular formula is C26H30FN3O2. The number of hydrogen-bond acceptors (Lipinski definition) is 4. The van der Waals surface area contributed by atoms with E-state index in [4.69, 9.17) is 0 Å². The molecule has 32 heavy (non-hydrogen) atoms. The lowest BCUT2D eigenvalue weighted by Gasteiger charge is -2.36. The average Bonchev–Trinajstić information content (AvgIpc) is 3.03. The van der Waals surface area contributed by atoms with Crippen molar-refractivity contribution in [2.75, 3.05) is 39.3 Å². The van der Waals surface area contributed by atoms with E-state index in [-0.39, 0.29) is 24.2 Å². The van der Waals surface area contributed by atoms with Gasteiger partial charge in [0.2, 0.25) is 0 Å². The van der Waals surface area contributed by atoms with Gasteiger partial charge in [-0.3, -0.25) is 14.5 Å². The third kappa shape index (κ3) is 4.32. The van der Waals surface area contributed by atoms with E-state index in [9.17, 15) is 14.0 Å². The Bertz CT molecular complexity index is 1050. The third-order valence-electron chi connectivity index (χ3n) is 6.47. The Labute approximate surface area is 189 Å². The number of carbonyl (C=O) groups excluding carboxylic acids is 2. The highest BCUT2D eigenvalue weighted by atomic mass is 19.1. The van der Waals surface area contributed by atoms with Crippen molar-refractivity contribution < 1.29 is 14.0 Å². The topological polar surface area (TPSA) is 43.9 Å². The number of carbonyl (C=O) groups is 2. The van der Waals surface area contributed by atoms with E-state index >= 15 is 0 Å². The van der Waals surface area contributed by atoms with Gasteiger partial charge in [-0.05, 0) is 55.6 Å². The molecule has 0 bridgehead atoms. The first kappa shape index (κ1) is 22.2. The van der Waals surface area contributed by atoms with Crippen LogP contribution < -0.4 is 0 Å². The molecule has 2 amide bonds. The molecular weight excluding hydrogens is 405 g/mol. The quantitative estimate of drug-likeness (QED) is 0.653. The van der Waals surface area contributed by atoms with Crippen LogP contribution in [0.3, 0.4) is 0 Å². The molecule has 1 saturated heterocycles. The summed E-state index contributed by atoms with van der Waals surface area (Å²) >= 11 is 0. The van der Waals surface area contributed by atoms with E-state index in [1.54, 1.807) is 12.1 Å². The fraction of sp³-hybridized carbons (Fsp3) is 0.385. The monoisotopic (exact) mass is 435 g/mol. The van der Waals surface area contributed by atoms with Gasteiger partial charge in [0, 0.05) is 32.7 Å². The average molecular weight is 436 g/mol. The van der Waals surface area contributed by atoms with Crippen molar-refractivity contribution in [3.8, 4) is 0 Å². The Hall–Kier alpha value is -2.99. The molecule has 0 spiro atoms. The van der Waals surface area contributed by atoms with Crippen LogP contribution in [-0.4, -0.2) is 65.8 Å². The molecule has 0 atom stereocenters. The fourth-order valence-corrected chi connectivity index (χ4v) is 4.58. The van der Waals surface area contributed by atoms with Crippen LogP contribution in [0, 0.1) is 19.7 Å². The van der Waals surface area contributed by atoms with Crippen molar-refractivity contribution in [2.24, 2.45) is 0 Å². The van der Waals surface area contributed by atoms with Gasteiger partial charge in [-0.25, -0.2) is 4.39 Å². The van der Waals surface area contributed by atoms with Gasteiger partial charge in [0.05, 0.1) is 5.57 Å². The minimum Gasteiger partial charge on any atom is -0.364 e. The van der Waals surface area contributed by atoms with Crippen molar-refractivity contribution in [2.45, 2.75) is 27.2 Å². The normalized spacial score (nSPS) is 17.6. The Balaban J connectivity index is 1.65. The van der Waals surface area contributed by atoms with Crippen LogP contribution in [0.4, 0.5) is 4.39 Å². The van der Waals surface area contributed by atoms with Gasteiger partial charge in [0.25, 0.3) is 11.8 Å². The molecule has 6 heteroatoms. The zero-order valence-electron chi connectivity index (χ0n) is 19.0. The molecule has 0 N–H and O–H groups in total. The summed E-state index contributed by atoms with van der Waals surface area (Å²) in [6.07, 6.45) is 0.495. The predicted molar refractivity (Wildman–Crippen MR) is 123 cm³/mol. The third-order valence-corrected chi connectivity index (χ3v) is 6.47. The number of imide groups is 1. The van der Waals surface area contributed by atoms with Crippen LogP contribution in [0.25, 0.3) is 5.57 Å². The van der Waals surface area contributed by atoms with Crippen LogP contribution in [0.2, 0.25) is 0 Å². The summed E-state index contributed by atoms with van der Waals surface area (Å²) in [5, 5.41) is 0. The second-order valence-corrected chi connectivity index (χ2v) is 8.60. The van der Waals surface area contributed by atoms with Crippen molar-refractivity contribution in [3.05, 3.63) is 76.2 Å². The Kier molecular flexibility index (Phi) is 6.42.